The number of hydrogen-bond acceptors (Lipinski definition) is 5. The average molecular weight is 352 g/mol. The second-order valence-electron chi connectivity index (χ2n) is 6.55. The molecule has 0 radical (unpaired) electrons. The van der Waals surface area contributed by atoms with Crippen LogP contribution in [0.25, 0.3) is 0 Å². The molecule has 132 valence electrons. The summed E-state index contributed by atoms with van der Waals surface area (Å²) in [6.45, 7) is 3.14. The average Bonchev–Trinajstić information content (AvgIpc) is 2.58. The summed E-state index contributed by atoms with van der Waals surface area (Å²) in [6, 6.07) is 3.59. The normalized spacial score (nSPS) is 25.3. The van der Waals surface area contributed by atoms with Gasteiger partial charge in [0.05, 0.1) is 0 Å². The van der Waals surface area contributed by atoms with Crippen LogP contribution in [0.15, 0.2) is 29.4 Å². The molecule has 1 amide bonds. The topological polar surface area (TPSA) is 91.4 Å². The molecule has 0 bridgehead atoms. The van der Waals surface area contributed by atoms with Crippen LogP contribution in [0, 0.1) is 0 Å². The number of pyridine rings is 1. The van der Waals surface area contributed by atoms with Crippen molar-refractivity contribution in [2.45, 2.75) is 55.6 Å². The molecular formula is C16H24N4O3S. The molecule has 1 aliphatic carbocycles. The third-order valence-electron chi connectivity index (χ3n) is 4.92. The predicted molar refractivity (Wildman–Crippen MR) is 89.8 cm³/mol. The van der Waals surface area contributed by atoms with E-state index in [0.717, 1.165) is 38.8 Å². The zero-order valence-electron chi connectivity index (χ0n) is 13.8. The number of carbonyl (C=O) groups excluding carboxylic acids is 1. The number of nitrogens with one attached hydrogen (secondary N) is 2. The quantitative estimate of drug-likeness (QED) is 0.805. The van der Waals surface area contributed by atoms with E-state index in [1.165, 1.54) is 6.20 Å². The molecule has 1 saturated heterocycles. The maximum absolute atomic E-state index is 12.4. The van der Waals surface area contributed by atoms with Crippen molar-refractivity contribution in [1.29, 1.82) is 0 Å². The summed E-state index contributed by atoms with van der Waals surface area (Å²) in [4.78, 5) is 17.3. The van der Waals surface area contributed by atoms with Gasteiger partial charge in [-0.15, -0.1) is 0 Å². The molecule has 8 heteroatoms. The van der Waals surface area contributed by atoms with E-state index in [2.05, 4.69) is 15.0 Å². The summed E-state index contributed by atoms with van der Waals surface area (Å²) in [5.74, 6) is 0.124. The SMILES string of the molecule is CC(=O)N1CCC(N[C@@H]2CC[C@@H]2NS(=O)(=O)c2cccnc2)CC1. The Bertz CT molecular complexity index is 672. The molecule has 1 aliphatic heterocycles. The first-order valence-electron chi connectivity index (χ1n) is 8.39. The molecule has 24 heavy (non-hydrogen) atoms. The molecule has 2 heterocycles. The van der Waals surface area contributed by atoms with Crippen molar-refractivity contribution in [3.05, 3.63) is 24.5 Å². The van der Waals surface area contributed by atoms with Gasteiger partial charge in [0.25, 0.3) is 0 Å². The molecule has 0 unspecified atom stereocenters. The van der Waals surface area contributed by atoms with Crippen molar-refractivity contribution in [3.63, 3.8) is 0 Å². The fourth-order valence-corrected chi connectivity index (χ4v) is 4.55. The van der Waals surface area contributed by atoms with Crippen molar-refractivity contribution in [2.75, 3.05) is 13.1 Å². The molecule has 2 aliphatic rings. The second kappa shape index (κ2) is 7.16. The number of piperidine rings is 1. The van der Waals surface area contributed by atoms with E-state index in [1.54, 1.807) is 25.3 Å². The molecule has 3 rings (SSSR count). The van der Waals surface area contributed by atoms with Gasteiger partial charge in [-0.2, -0.15) is 0 Å². The Morgan fingerprint density at radius 1 is 1.21 bits per heavy atom. The first-order valence-corrected chi connectivity index (χ1v) is 9.88. The monoisotopic (exact) mass is 352 g/mol. The van der Waals surface area contributed by atoms with E-state index >= 15 is 0 Å². The van der Waals surface area contributed by atoms with Gasteiger partial charge in [-0.05, 0) is 37.8 Å². The molecule has 0 aromatic carbocycles. The van der Waals surface area contributed by atoms with Gasteiger partial charge in [-0.1, -0.05) is 0 Å². The summed E-state index contributed by atoms with van der Waals surface area (Å²) in [7, 11) is -3.52. The molecule has 1 saturated carbocycles. The summed E-state index contributed by atoms with van der Waals surface area (Å²) in [5.41, 5.74) is 0. The lowest BCUT2D eigenvalue weighted by Gasteiger charge is -2.42. The molecule has 2 N–H and O–H groups in total. The van der Waals surface area contributed by atoms with Crippen molar-refractivity contribution in [2.24, 2.45) is 0 Å². The van der Waals surface area contributed by atoms with Crippen LogP contribution in [0.4, 0.5) is 0 Å². The highest BCUT2D eigenvalue weighted by Gasteiger charge is 2.36. The Hall–Kier alpha value is -1.51. The van der Waals surface area contributed by atoms with Crippen LogP contribution in [0.2, 0.25) is 0 Å². The van der Waals surface area contributed by atoms with E-state index < -0.39 is 10.0 Å². The Morgan fingerprint density at radius 3 is 2.46 bits per heavy atom. The standard InChI is InChI=1S/C16H24N4O3S/c1-12(21)20-9-6-13(7-10-20)18-15-4-5-16(15)19-24(22,23)14-3-2-8-17-11-14/h2-3,8,11,13,15-16,18-19H,4-7,9-10H2,1H3/t15-,16+/m1/s1. The lowest BCUT2D eigenvalue weighted by Crippen LogP contribution is -2.60. The number of likely N-dealkylation sites (tertiary alicyclic amines) is 1. The predicted octanol–water partition coefficient (Wildman–Crippen LogP) is 0.491. The van der Waals surface area contributed by atoms with Gasteiger partial charge in [0.2, 0.25) is 15.9 Å². The fraction of sp³-hybridized carbons (Fsp3) is 0.625. The van der Waals surface area contributed by atoms with Crippen LogP contribution in [-0.4, -0.2) is 55.4 Å². The van der Waals surface area contributed by atoms with E-state index in [-0.39, 0.29) is 22.9 Å². The Labute approximate surface area is 142 Å². The van der Waals surface area contributed by atoms with E-state index in [0.29, 0.717) is 6.04 Å². The number of hydrogen-bond donors (Lipinski definition) is 2. The van der Waals surface area contributed by atoms with Crippen LogP contribution < -0.4 is 10.0 Å². The van der Waals surface area contributed by atoms with Crippen molar-refractivity contribution in [3.8, 4) is 0 Å². The minimum Gasteiger partial charge on any atom is -0.343 e. The Balaban J connectivity index is 1.52. The number of carbonyl (C=O) groups is 1. The van der Waals surface area contributed by atoms with Gasteiger partial charge < -0.3 is 10.2 Å². The first kappa shape index (κ1) is 17.3. The lowest BCUT2D eigenvalue weighted by atomic mass is 9.86. The van der Waals surface area contributed by atoms with Gasteiger partial charge in [0.15, 0.2) is 0 Å². The molecule has 2 fully saturated rings. The highest BCUT2D eigenvalue weighted by Crippen LogP contribution is 2.24. The number of amides is 1. The Kier molecular flexibility index (Phi) is 5.17. The van der Waals surface area contributed by atoms with Crippen LogP contribution in [0.3, 0.4) is 0 Å². The summed E-state index contributed by atoms with van der Waals surface area (Å²) < 4.78 is 27.5. The minimum absolute atomic E-state index is 0.0824. The van der Waals surface area contributed by atoms with Crippen LogP contribution >= 0.6 is 0 Å². The van der Waals surface area contributed by atoms with Crippen LogP contribution in [-0.2, 0) is 14.8 Å². The highest BCUT2D eigenvalue weighted by atomic mass is 32.2. The zero-order chi connectivity index (χ0) is 17.2. The fourth-order valence-electron chi connectivity index (χ4n) is 3.28. The summed E-state index contributed by atoms with van der Waals surface area (Å²) >= 11 is 0. The van der Waals surface area contributed by atoms with Crippen molar-refractivity contribution >= 4 is 15.9 Å². The Morgan fingerprint density at radius 2 is 1.92 bits per heavy atom. The summed E-state index contributed by atoms with van der Waals surface area (Å²) in [6.07, 6.45) is 6.55. The van der Waals surface area contributed by atoms with Gasteiger partial charge >= 0.3 is 0 Å². The minimum atomic E-state index is -3.52. The molecule has 2 atom stereocenters. The third-order valence-corrected chi connectivity index (χ3v) is 6.39. The smallest absolute Gasteiger partial charge is 0.242 e. The number of sulfonamides is 1. The zero-order valence-corrected chi connectivity index (χ0v) is 14.6. The van der Waals surface area contributed by atoms with E-state index in [9.17, 15) is 13.2 Å². The number of aromatic nitrogens is 1. The van der Waals surface area contributed by atoms with E-state index in [1.807, 2.05) is 4.90 Å². The molecule has 0 spiro atoms. The second-order valence-corrected chi connectivity index (χ2v) is 8.26. The number of rotatable bonds is 5. The van der Waals surface area contributed by atoms with Crippen LogP contribution in [0.1, 0.15) is 32.6 Å². The van der Waals surface area contributed by atoms with Gasteiger partial charge in [0.1, 0.15) is 4.90 Å². The maximum atomic E-state index is 12.4. The van der Waals surface area contributed by atoms with Gasteiger partial charge in [0, 0.05) is 50.5 Å². The number of nitrogens with zero attached hydrogens (tertiary/aromatic N) is 2. The molecule has 1 aromatic heterocycles. The van der Waals surface area contributed by atoms with Gasteiger partial charge in [-0.3, -0.25) is 9.78 Å². The molecule has 7 nitrogen and oxygen atoms in total. The third kappa shape index (κ3) is 3.93. The molecule has 1 aromatic rings. The van der Waals surface area contributed by atoms with Crippen molar-refractivity contribution < 1.29 is 13.2 Å². The lowest BCUT2D eigenvalue weighted by molar-refractivity contribution is -0.129. The molecular weight excluding hydrogens is 328 g/mol. The van der Waals surface area contributed by atoms with Crippen molar-refractivity contribution in [1.82, 2.24) is 19.9 Å². The largest absolute Gasteiger partial charge is 0.343 e. The van der Waals surface area contributed by atoms with Gasteiger partial charge in [-0.25, -0.2) is 13.1 Å². The summed E-state index contributed by atoms with van der Waals surface area (Å²) in [5, 5.41) is 3.56. The van der Waals surface area contributed by atoms with Crippen LogP contribution in [0.5, 0.6) is 0 Å². The van der Waals surface area contributed by atoms with E-state index in [4.69, 9.17) is 0 Å². The highest BCUT2D eigenvalue weighted by molar-refractivity contribution is 7.89. The first-order chi connectivity index (χ1) is 11.5. The maximum Gasteiger partial charge on any atom is 0.242 e.